The molecule has 2 rings (SSSR count). The fraction of sp³-hybridized carbons (Fsp3) is 0.111. The molecule has 0 spiro atoms. The van der Waals surface area contributed by atoms with Gasteiger partial charge in [0.2, 0.25) is 0 Å². The number of nitrogens with one attached hydrogen (secondary N) is 3. The summed E-state index contributed by atoms with van der Waals surface area (Å²) >= 11 is 4.95. The Hall–Kier alpha value is -3.27. The maximum absolute atomic E-state index is 13.5. The Morgan fingerprint density at radius 1 is 1.14 bits per heavy atom. The number of para-hydroxylation sites is 2. The lowest BCUT2D eigenvalue weighted by Crippen LogP contribution is -2.43. The van der Waals surface area contributed by atoms with Crippen molar-refractivity contribution in [3.05, 3.63) is 59.9 Å². The highest BCUT2D eigenvalue weighted by molar-refractivity contribution is 7.80. The number of methoxy groups -OCH3 is 1. The minimum absolute atomic E-state index is 0.0463. The Morgan fingerprint density at radius 2 is 1.89 bits per heavy atom. The normalized spacial score (nSPS) is 10.6. The number of ether oxygens (including phenoxy) is 2. The Kier molecular flexibility index (Phi) is 7.64. The third kappa shape index (κ3) is 6.16. The molecule has 2 aromatic carbocycles. The van der Waals surface area contributed by atoms with E-state index in [1.807, 2.05) is 0 Å². The van der Waals surface area contributed by atoms with Gasteiger partial charge in [0.05, 0.1) is 12.8 Å². The van der Waals surface area contributed by atoms with Gasteiger partial charge in [-0.2, -0.15) is 8.78 Å². The standard InChI is InChI=1S/C18H16F3N3O3S/c1-26-14-8-4-5-11(16(14)27-17(20)21)9-10-15(25)23-24-18(28)22-13-7-3-2-6-12(13)19/h2-10,17H,1H3,(H,23,25)(H2,22,24,28)/b10-9+. The van der Waals surface area contributed by atoms with Gasteiger partial charge in [-0.15, -0.1) is 0 Å². The maximum atomic E-state index is 13.5. The average molecular weight is 411 g/mol. The van der Waals surface area contributed by atoms with E-state index in [9.17, 15) is 18.0 Å². The number of carbonyl (C=O) groups is 1. The molecule has 6 nitrogen and oxygen atoms in total. The van der Waals surface area contributed by atoms with Crippen LogP contribution in [-0.2, 0) is 4.79 Å². The highest BCUT2D eigenvalue weighted by Crippen LogP contribution is 2.33. The van der Waals surface area contributed by atoms with Crippen LogP contribution >= 0.6 is 12.2 Å². The molecule has 1 amide bonds. The van der Waals surface area contributed by atoms with Crippen LogP contribution in [0.15, 0.2) is 48.5 Å². The predicted octanol–water partition coefficient (Wildman–Crippen LogP) is 3.47. The molecule has 0 aliphatic carbocycles. The molecule has 3 N–H and O–H groups in total. The number of alkyl halides is 2. The number of hydrogen-bond acceptors (Lipinski definition) is 4. The highest BCUT2D eigenvalue weighted by atomic mass is 32.1. The molecule has 28 heavy (non-hydrogen) atoms. The van der Waals surface area contributed by atoms with Crippen LogP contribution < -0.4 is 25.6 Å². The summed E-state index contributed by atoms with van der Waals surface area (Å²) in [6.07, 6.45) is 2.34. The number of benzene rings is 2. The van der Waals surface area contributed by atoms with Gasteiger partial charge in [0.25, 0.3) is 5.91 Å². The summed E-state index contributed by atoms with van der Waals surface area (Å²) in [5.74, 6) is -1.25. The molecule has 0 aromatic heterocycles. The van der Waals surface area contributed by atoms with Crippen LogP contribution in [0.2, 0.25) is 0 Å². The van der Waals surface area contributed by atoms with Crippen LogP contribution in [-0.4, -0.2) is 24.7 Å². The van der Waals surface area contributed by atoms with Crippen molar-refractivity contribution in [3.8, 4) is 11.5 Å². The third-order valence-corrected chi connectivity index (χ3v) is 3.48. The number of hydrazine groups is 1. The summed E-state index contributed by atoms with van der Waals surface area (Å²) in [5, 5.41) is 2.53. The molecule has 0 fully saturated rings. The summed E-state index contributed by atoms with van der Waals surface area (Å²) in [6.45, 7) is -3.05. The highest BCUT2D eigenvalue weighted by Gasteiger charge is 2.14. The maximum Gasteiger partial charge on any atom is 0.387 e. The second-order valence-corrected chi connectivity index (χ2v) is 5.55. The third-order valence-electron chi connectivity index (χ3n) is 3.27. The zero-order valence-electron chi connectivity index (χ0n) is 14.5. The zero-order valence-corrected chi connectivity index (χ0v) is 15.4. The largest absolute Gasteiger partial charge is 0.493 e. The Morgan fingerprint density at radius 3 is 2.57 bits per heavy atom. The van der Waals surface area contributed by atoms with E-state index < -0.39 is 18.3 Å². The molecule has 0 heterocycles. The van der Waals surface area contributed by atoms with Gasteiger partial charge in [-0.1, -0.05) is 24.3 Å². The van der Waals surface area contributed by atoms with E-state index in [2.05, 4.69) is 20.9 Å². The molecule has 0 saturated carbocycles. The fourth-order valence-electron chi connectivity index (χ4n) is 2.08. The number of halogens is 3. The van der Waals surface area contributed by atoms with E-state index in [1.165, 1.54) is 43.5 Å². The first-order chi connectivity index (χ1) is 13.4. The van der Waals surface area contributed by atoms with E-state index in [1.54, 1.807) is 12.1 Å². The smallest absolute Gasteiger partial charge is 0.387 e. The Balaban J connectivity index is 1.96. The number of amides is 1. The van der Waals surface area contributed by atoms with Gasteiger partial charge in [0.1, 0.15) is 5.82 Å². The second-order valence-electron chi connectivity index (χ2n) is 5.14. The molecule has 0 radical (unpaired) electrons. The van der Waals surface area contributed by atoms with Crippen molar-refractivity contribution in [2.45, 2.75) is 6.61 Å². The summed E-state index contributed by atoms with van der Waals surface area (Å²) in [5.41, 5.74) is 4.99. The molecule has 2 aromatic rings. The van der Waals surface area contributed by atoms with Crippen LogP contribution in [0.1, 0.15) is 5.56 Å². The average Bonchev–Trinajstić information content (AvgIpc) is 2.67. The van der Waals surface area contributed by atoms with Crippen molar-refractivity contribution in [3.63, 3.8) is 0 Å². The van der Waals surface area contributed by atoms with Crippen LogP contribution in [0.4, 0.5) is 18.9 Å². The lowest BCUT2D eigenvalue weighted by molar-refractivity contribution is -0.116. The van der Waals surface area contributed by atoms with Crippen LogP contribution in [0.25, 0.3) is 6.08 Å². The predicted molar refractivity (Wildman–Crippen MR) is 103 cm³/mol. The molecule has 0 aliphatic heterocycles. The van der Waals surface area contributed by atoms with Crippen molar-refractivity contribution < 1.29 is 27.4 Å². The fourth-order valence-corrected chi connectivity index (χ4v) is 2.24. The molecule has 0 bridgehead atoms. The molecule has 0 atom stereocenters. The van der Waals surface area contributed by atoms with E-state index in [4.69, 9.17) is 17.0 Å². The number of rotatable bonds is 6. The molecule has 0 unspecified atom stereocenters. The van der Waals surface area contributed by atoms with Gasteiger partial charge in [-0.3, -0.25) is 15.6 Å². The first-order valence-electron chi connectivity index (χ1n) is 7.82. The molecular weight excluding hydrogens is 395 g/mol. The SMILES string of the molecule is COc1cccc(/C=C/C(=O)NNC(=S)Nc2ccccc2F)c1OC(F)F. The summed E-state index contributed by atoms with van der Waals surface area (Å²) in [4.78, 5) is 11.9. The summed E-state index contributed by atoms with van der Waals surface area (Å²) < 4.78 is 48.1. The number of thiocarbonyl (C=S) groups is 1. The van der Waals surface area contributed by atoms with Gasteiger partial charge in [-0.25, -0.2) is 4.39 Å². The Labute approximate surface area is 164 Å². The molecule has 148 valence electrons. The van der Waals surface area contributed by atoms with Crippen LogP contribution in [0, 0.1) is 5.82 Å². The van der Waals surface area contributed by atoms with Crippen molar-refractivity contribution in [2.75, 3.05) is 12.4 Å². The van der Waals surface area contributed by atoms with Gasteiger partial charge in [0.15, 0.2) is 16.6 Å². The number of carbonyl (C=O) groups excluding carboxylic acids is 1. The van der Waals surface area contributed by atoms with Crippen LogP contribution in [0.5, 0.6) is 11.5 Å². The van der Waals surface area contributed by atoms with Gasteiger partial charge in [0, 0.05) is 11.6 Å². The van der Waals surface area contributed by atoms with E-state index in [0.717, 1.165) is 6.08 Å². The van der Waals surface area contributed by atoms with Gasteiger partial charge >= 0.3 is 6.61 Å². The minimum atomic E-state index is -3.05. The monoisotopic (exact) mass is 411 g/mol. The molecule has 10 heteroatoms. The van der Waals surface area contributed by atoms with Gasteiger partial charge in [-0.05, 0) is 36.5 Å². The quantitative estimate of drug-likeness (QED) is 0.384. The number of anilines is 1. The van der Waals surface area contributed by atoms with E-state index in [0.29, 0.717) is 0 Å². The minimum Gasteiger partial charge on any atom is -0.493 e. The summed E-state index contributed by atoms with van der Waals surface area (Å²) in [6, 6.07) is 10.3. The lowest BCUT2D eigenvalue weighted by Gasteiger charge is -2.12. The van der Waals surface area contributed by atoms with Crippen molar-refractivity contribution in [2.24, 2.45) is 0 Å². The lowest BCUT2D eigenvalue weighted by atomic mass is 10.1. The van der Waals surface area contributed by atoms with E-state index >= 15 is 0 Å². The summed E-state index contributed by atoms with van der Waals surface area (Å²) in [7, 11) is 1.31. The van der Waals surface area contributed by atoms with Crippen LogP contribution in [0.3, 0.4) is 0 Å². The number of hydrogen-bond donors (Lipinski definition) is 3. The Bertz CT molecular complexity index is 878. The van der Waals surface area contributed by atoms with Crippen molar-refractivity contribution in [1.29, 1.82) is 0 Å². The van der Waals surface area contributed by atoms with E-state index in [-0.39, 0.29) is 27.9 Å². The molecular formula is C18H16F3N3O3S. The first kappa shape index (κ1) is 21.0. The van der Waals surface area contributed by atoms with Gasteiger partial charge < -0.3 is 14.8 Å². The first-order valence-corrected chi connectivity index (χ1v) is 8.23. The van der Waals surface area contributed by atoms with Crippen molar-refractivity contribution in [1.82, 2.24) is 10.9 Å². The molecule has 0 aliphatic rings. The second kappa shape index (κ2) is 10.2. The topological polar surface area (TPSA) is 71.6 Å². The molecule has 0 saturated heterocycles. The zero-order chi connectivity index (χ0) is 20.5. The van der Waals surface area contributed by atoms with Crippen molar-refractivity contribution >= 4 is 35.0 Å².